The Bertz CT molecular complexity index is 948. The molecule has 0 saturated heterocycles. The van der Waals surface area contributed by atoms with Crippen LogP contribution in [0, 0.1) is 0 Å². The van der Waals surface area contributed by atoms with E-state index in [1.54, 1.807) is 13.8 Å². The van der Waals surface area contributed by atoms with Crippen LogP contribution in [0.4, 0.5) is 13.2 Å². The largest absolute Gasteiger partial charge is 0.435 e. The van der Waals surface area contributed by atoms with E-state index in [9.17, 15) is 23.1 Å². The molecule has 0 radical (unpaired) electrons. The van der Waals surface area contributed by atoms with Crippen LogP contribution in [-0.4, -0.2) is 23.2 Å². The number of nitrogens with zero attached hydrogens (tertiary/aromatic N) is 1. The van der Waals surface area contributed by atoms with Crippen molar-refractivity contribution in [3.63, 3.8) is 0 Å². The van der Waals surface area contributed by atoms with E-state index in [1.807, 2.05) is 27.7 Å². The first-order valence-corrected chi connectivity index (χ1v) is 11.6. The average molecular weight is 473 g/mol. The molecule has 178 valence electrons. The molecule has 0 fully saturated rings. The molecule has 0 saturated carbocycles. The van der Waals surface area contributed by atoms with Gasteiger partial charge in [-0.05, 0) is 66.2 Å². The molecule has 5 nitrogen and oxygen atoms in total. The zero-order chi connectivity index (χ0) is 24.4. The van der Waals surface area contributed by atoms with Crippen LogP contribution >= 0.6 is 0 Å². The molecule has 1 aromatic carbocycles. The molecule has 3 N–H and O–H groups in total. The van der Waals surface area contributed by atoms with Gasteiger partial charge >= 0.3 is 6.61 Å². The number of rotatable bonds is 8. The van der Waals surface area contributed by atoms with Gasteiger partial charge in [0.1, 0.15) is 11.6 Å². The standard InChI is InChI=1S/C23H31F3N2O3S/c1-12(2)16-9-15(31-22(25)26)10-17(13(3)4)18(16)11-21(29)28-32(27)20-8-14(7-19(20)24)23(5,6)30/h7,9-10,12-13,22,30H,8,11H2,1-6H3,(H2,27,28,29). The van der Waals surface area contributed by atoms with E-state index in [0.29, 0.717) is 22.3 Å². The zero-order valence-electron chi connectivity index (χ0n) is 19.2. The summed E-state index contributed by atoms with van der Waals surface area (Å²) >= 11 is 0. The van der Waals surface area contributed by atoms with Gasteiger partial charge in [0.15, 0.2) is 0 Å². The topological polar surface area (TPSA) is 84.9 Å². The third-order valence-corrected chi connectivity index (χ3v) is 6.49. The Labute approximate surface area is 189 Å². The number of carbonyl (C=O) groups is 1. The van der Waals surface area contributed by atoms with E-state index in [4.69, 9.17) is 5.14 Å². The minimum absolute atomic E-state index is 0.0440. The lowest BCUT2D eigenvalue weighted by Gasteiger charge is -2.21. The summed E-state index contributed by atoms with van der Waals surface area (Å²) in [7, 11) is -1.49. The van der Waals surface area contributed by atoms with Crippen molar-refractivity contribution in [1.82, 2.24) is 0 Å². The normalized spacial score (nSPS) is 15.9. The first-order chi connectivity index (χ1) is 14.7. The molecule has 0 aliphatic heterocycles. The first-order valence-electron chi connectivity index (χ1n) is 10.4. The van der Waals surface area contributed by atoms with E-state index in [-0.39, 0.29) is 35.3 Å². The Morgan fingerprint density at radius 3 is 2.16 bits per heavy atom. The molecule has 1 atom stereocenters. The van der Waals surface area contributed by atoms with Crippen LogP contribution in [0.25, 0.3) is 0 Å². The number of amides is 1. The van der Waals surface area contributed by atoms with Crippen molar-refractivity contribution in [2.75, 3.05) is 0 Å². The van der Waals surface area contributed by atoms with Crippen LogP contribution < -0.4 is 9.88 Å². The van der Waals surface area contributed by atoms with Gasteiger partial charge < -0.3 is 9.84 Å². The summed E-state index contributed by atoms with van der Waals surface area (Å²) in [5.41, 5.74) is 1.38. The molecular formula is C23H31F3N2O3S. The number of alkyl halides is 2. The van der Waals surface area contributed by atoms with E-state index in [2.05, 4.69) is 9.10 Å². The molecule has 2 rings (SSSR count). The van der Waals surface area contributed by atoms with Gasteiger partial charge in [0.25, 0.3) is 5.91 Å². The summed E-state index contributed by atoms with van der Waals surface area (Å²) in [6.45, 7) is 7.73. The Morgan fingerprint density at radius 1 is 1.22 bits per heavy atom. The molecule has 1 amide bonds. The highest BCUT2D eigenvalue weighted by Gasteiger charge is 2.28. The number of benzene rings is 1. The Hall–Kier alpha value is -1.97. The highest BCUT2D eigenvalue weighted by atomic mass is 32.2. The van der Waals surface area contributed by atoms with Gasteiger partial charge in [-0.1, -0.05) is 27.7 Å². The predicted molar refractivity (Wildman–Crippen MR) is 121 cm³/mol. The van der Waals surface area contributed by atoms with Crippen LogP contribution in [0.5, 0.6) is 5.75 Å². The Kier molecular flexibility index (Phi) is 8.47. The summed E-state index contributed by atoms with van der Waals surface area (Å²) in [4.78, 5) is 12.9. The van der Waals surface area contributed by atoms with Gasteiger partial charge in [0.05, 0.1) is 16.9 Å². The van der Waals surface area contributed by atoms with Crippen molar-refractivity contribution in [2.45, 2.75) is 78.4 Å². The molecule has 32 heavy (non-hydrogen) atoms. The second-order valence-electron chi connectivity index (χ2n) is 8.92. The van der Waals surface area contributed by atoms with Crippen LogP contribution in [0.3, 0.4) is 0 Å². The van der Waals surface area contributed by atoms with Gasteiger partial charge in [-0.3, -0.25) is 9.93 Å². The number of nitrogens with two attached hydrogens (primary N) is 1. The lowest BCUT2D eigenvalue weighted by Crippen LogP contribution is -2.21. The lowest BCUT2D eigenvalue weighted by molar-refractivity contribution is -0.117. The highest BCUT2D eigenvalue weighted by Crippen LogP contribution is 2.35. The van der Waals surface area contributed by atoms with Crippen molar-refractivity contribution >= 4 is 16.8 Å². The maximum Gasteiger partial charge on any atom is 0.387 e. The van der Waals surface area contributed by atoms with Crippen LogP contribution in [0.2, 0.25) is 0 Å². The van der Waals surface area contributed by atoms with Crippen LogP contribution in [-0.2, 0) is 22.1 Å². The third-order valence-electron chi connectivity index (χ3n) is 5.25. The van der Waals surface area contributed by atoms with Crippen molar-refractivity contribution in [1.29, 1.82) is 0 Å². The average Bonchev–Trinajstić information content (AvgIpc) is 3.04. The first kappa shape index (κ1) is 26.3. The van der Waals surface area contributed by atoms with Gasteiger partial charge in [-0.25, -0.2) is 4.39 Å². The zero-order valence-corrected chi connectivity index (χ0v) is 20.0. The minimum Gasteiger partial charge on any atom is -0.435 e. The summed E-state index contributed by atoms with van der Waals surface area (Å²) < 4.78 is 48.5. The van der Waals surface area contributed by atoms with Crippen molar-refractivity contribution in [3.8, 4) is 5.75 Å². The Morgan fingerprint density at radius 2 is 1.75 bits per heavy atom. The molecule has 9 heteroatoms. The number of hydrogen-bond donors (Lipinski definition) is 2. The number of ether oxygens (including phenoxy) is 1. The number of allylic oxidation sites excluding steroid dienone is 3. The van der Waals surface area contributed by atoms with Crippen LogP contribution in [0.1, 0.15) is 76.5 Å². The van der Waals surface area contributed by atoms with Gasteiger partial charge in [-0.15, -0.1) is 0 Å². The monoisotopic (exact) mass is 472 g/mol. The molecular weight excluding hydrogens is 441 g/mol. The Balaban J connectivity index is 2.35. The van der Waals surface area contributed by atoms with Crippen LogP contribution in [0.15, 0.2) is 38.9 Å². The van der Waals surface area contributed by atoms with E-state index in [1.165, 1.54) is 18.2 Å². The maximum atomic E-state index is 14.4. The van der Waals surface area contributed by atoms with Crippen molar-refractivity contribution in [3.05, 3.63) is 51.2 Å². The van der Waals surface area contributed by atoms with Crippen molar-refractivity contribution < 1.29 is 27.8 Å². The third kappa shape index (κ3) is 6.52. The number of hydrogen-bond acceptors (Lipinski definition) is 3. The fourth-order valence-electron chi connectivity index (χ4n) is 3.55. The lowest BCUT2D eigenvalue weighted by atomic mass is 9.86. The van der Waals surface area contributed by atoms with Crippen molar-refractivity contribution in [2.24, 2.45) is 9.50 Å². The molecule has 1 aliphatic carbocycles. The quantitative estimate of drug-likeness (QED) is 0.519. The highest BCUT2D eigenvalue weighted by molar-refractivity contribution is 7.89. The van der Waals surface area contributed by atoms with E-state index >= 15 is 0 Å². The SMILES string of the molecule is CC(C)c1cc(OC(F)F)cc(C(C)C)c1CC(=O)N=S(N)C1=C(F)C=C(C(C)(C)O)C1. The summed E-state index contributed by atoms with van der Waals surface area (Å²) in [6, 6.07) is 3.04. The molecule has 0 bridgehead atoms. The smallest absolute Gasteiger partial charge is 0.387 e. The fourth-order valence-corrected chi connectivity index (χ4v) is 4.51. The molecule has 1 aliphatic rings. The fraction of sp³-hybridized carbons (Fsp3) is 0.522. The number of carbonyl (C=O) groups excluding carboxylic acids is 1. The van der Waals surface area contributed by atoms with E-state index < -0.39 is 34.8 Å². The number of aliphatic hydroxyl groups is 1. The molecule has 0 aromatic heterocycles. The predicted octanol–water partition coefficient (Wildman–Crippen LogP) is 5.56. The van der Waals surface area contributed by atoms with Gasteiger partial charge in [0.2, 0.25) is 0 Å². The minimum atomic E-state index is -2.95. The maximum absolute atomic E-state index is 14.4. The summed E-state index contributed by atoms with van der Waals surface area (Å²) in [5, 5.41) is 16.1. The molecule has 1 aromatic rings. The van der Waals surface area contributed by atoms with E-state index in [0.717, 1.165) is 0 Å². The second-order valence-corrected chi connectivity index (χ2v) is 10.2. The number of halogens is 3. The second kappa shape index (κ2) is 10.3. The summed E-state index contributed by atoms with van der Waals surface area (Å²) in [5.74, 6) is -1.17. The molecule has 1 unspecified atom stereocenters. The van der Waals surface area contributed by atoms with Gasteiger partial charge in [-0.2, -0.15) is 13.1 Å². The molecule has 0 spiro atoms. The van der Waals surface area contributed by atoms with Gasteiger partial charge in [0, 0.05) is 17.3 Å². The molecule has 0 heterocycles. The summed E-state index contributed by atoms with van der Waals surface area (Å²) in [6.07, 6.45) is 1.26.